The van der Waals surface area contributed by atoms with E-state index in [1.165, 1.54) is 12.4 Å². The van der Waals surface area contributed by atoms with Gasteiger partial charge >= 0.3 is 0 Å². The molecule has 2 fully saturated rings. The van der Waals surface area contributed by atoms with Gasteiger partial charge in [-0.05, 0) is 50.5 Å². The van der Waals surface area contributed by atoms with Gasteiger partial charge in [0.1, 0.15) is 12.2 Å². The first-order valence-corrected chi connectivity index (χ1v) is 12.5. The van der Waals surface area contributed by atoms with Gasteiger partial charge in [-0.1, -0.05) is 12.5 Å². The fourth-order valence-electron chi connectivity index (χ4n) is 6.13. The summed E-state index contributed by atoms with van der Waals surface area (Å²) in [6, 6.07) is 2.39. The number of benzene rings is 1. The largest absolute Gasteiger partial charge is 0.353 e. The molecule has 0 radical (unpaired) electrons. The van der Waals surface area contributed by atoms with Crippen molar-refractivity contribution < 1.29 is 17.6 Å². The molecule has 3 aromatic rings. The zero-order valence-corrected chi connectivity index (χ0v) is 19.9. The zero-order chi connectivity index (χ0) is 25.0. The minimum atomic E-state index is -1.46. The molecule has 3 aliphatic rings. The molecular formula is C25H27F4N7. The molecule has 1 N–H and O–H groups in total. The maximum Gasteiger partial charge on any atom is 0.242 e. The van der Waals surface area contributed by atoms with Gasteiger partial charge in [0.2, 0.25) is 5.95 Å². The van der Waals surface area contributed by atoms with Gasteiger partial charge < -0.3 is 10.2 Å². The highest BCUT2D eigenvalue weighted by atomic mass is 19.2. The first kappa shape index (κ1) is 23.2. The van der Waals surface area contributed by atoms with Crippen molar-refractivity contribution in [3.63, 3.8) is 0 Å². The van der Waals surface area contributed by atoms with Crippen LogP contribution in [0.5, 0.6) is 0 Å². The lowest BCUT2D eigenvalue weighted by molar-refractivity contribution is 0.371. The van der Waals surface area contributed by atoms with E-state index in [9.17, 15) is 17.6 Å². The highest BCUT2D eigenvalue weighted by Gasteiger charge is 2.43. The predicted molar refractivity (Wildman–Crippen MR) is 125 cm³/mol. The molecule has 36 heavy (non-hydrogen) atoms. The fraction of sp³-hybridized carbons (Fsp3) is 0.520. The van der Waals surface area contributed by atoms with Crippen LogP contribution >= 0.6 is 0 Å². The van der Waals surface area contributed by atoms with Crippen molar-refractivity contribution in [3.05, 3.63) is 58.8 Å². The number of aromatic nitrogens is 5. The van der Waals surface area contributed by atoms with Crippen LogP contribution in [-0.4, -0.2) is 43.9 Å². The van der Waals surface area contributed by atoms with E-state index >= 15 is 0 Å². The minimum absolute atomic E-state index is 0.103. The third kappa shape index (κ3) is 3.88. The smallest absolute Gasteiger partial charge is 0.242 e. The molecule has 1 unspecified atom stereocenters. The Hall–Kier alpha value is -3.24. The van der Waals surface area contributed by atoms with Gasteiger partial charge in [0.25, 0.3) is 0 Å². The highest BCUT2D eigenvalue weighted by molar-refractivity contribution is 5.43. The second kappa shape index (κ2) is 9.01. The van der Waals surface area contributed by atoms with Crippen molar-refractivity contribution in [1.82, 2.24) is 24.7 Å². The molecule has 0 spiro atoms. The van der Waals surface area contributed by atoms with Crippen LogP contribution in [0.3, 0.4) is 0 Å². The van der Waals surface area contributed by atoms with Gasteiger partial charge in [-0.25, -0.2) is 32.2 Å². The molecule has 2 bridgehead atoms. The molecule has 1 aliphatic carbocycles. The Morgan fingerprint density at radius 3 is 2.47 bits per heavy atom. The van der Waals surface area contributed by atoms with Crippen molar-refractivity contribution in [2.24, 2.45) is 11.8 Å². The van der Waals surface area contributed by atoms with Crippen molar-refractivity contribution >= 4 is 11.8 Å². The normalized spacial score (nSPS) is 25.5. The number of hydrogen-bond acceptors (Lipinski definition) is 6. The van der Waals surface area contributed by atoms with Gasteiger partial charge in [0, 0.05) is 37.2 Å². The van der Waals surface area contributed by atoms with E-state index in [1.807, 2.05) is 4.90 Å². The summed E-state index contributed by atoms with van der Waals surface area (Å²) in [5.74, 6) is -2.81. The molecule has 6 rings (SSSR count). The number of nitrogens with zero attached hydrogens (tertiary/aromatic N) is 6. The monoisotopic (exact) mass is 501 g/mol. The van der Waals surface area contributed by atoms with Gasteiger partial charge in [0.05, 0.1) is 5.69 Å². The SMILES string of the molecule is Cc1ncnc(N2C[C@H]3CC[C@@H](C2)C3Nc2nc3n(n2)CCCC[C@@H]3c2ccc(F)c(F)c2F)c1F. The molecule has 0 amide bonds. The lowest BCUT2D eigenvalue weighted by atomic mass is 9.92. The number of fused-ring (bicyclic) bond motifs is 3. The fourth-order valence-corrected chi connectivity index (χ4v) is 6.13. The first-order chi connectivity index (χ1) is 17.4. The number of aryl methyl sites for hydroxylation is 2. The average Bonchev–Trinajstić information content (AvgIpc) is 3.27. The maximum absolute atomic E-state index is 14.7. The zero-order valence-electron chi connectivity index (χ0n) is 19.9. The topological polar surface area (TPSA) is 71.8 Å². The summed E-state index contributed by atoms with van der Waals surface area (Å²) in [7, 11) is 0. The Morgan fingerprint density at radius 1 is 0.917 bits per heavy atom. The third-order valence-electron chi connectivity index (χ3n) is 7.94. The number of nitrogens with one attached hydrogen (secondary N) is 1. The predicted octanol–water partition coefficient (Wildman–Crippen LogP) is 4.58. The van der Waals surface area contributed by atoms with Gasteiger partial charge in [-0.3, -0.25) is 0 Å². The van der Waals surface area contributed by atoms with Crippen LogP contribution < -0.4 is 10.2 Å². The molecule has 1 saturated carbocycles. The van der Waals surface area contributed by atoms with E-state index in [0.29, 0.717) is 49.3 Å². The lowest BCUT2D eigenvalue weighted by Gasteiger charge is -2.38. The van der Waals surface area contributed by atoms with E-state index in [0.717, 1.165) is 31.7 Å². The Bertz CT molecular complexity index is 1280. The first-order valence-electron chi connectivity index (χ1n) is 12.5. The maximum atomic E-state index is 14.7. The van der Waals surface area contributed by atoms with Crippen molar-refractivity contribution in [3.8, 4) is 0 Å². The second-order valence-corrected chi connectivity index (χ2v) is 10.1. The Labute approximate surface area is 206 Å². The molecule has 4 heterocycles. The van der Waals surface area contributed by atoms with Crippen LogP contribution in [0.1, 0.15) is 55.1 Å². The molecule has 7 nitrogen and oxygen atoms in total. The average molecular weight is 502 g/mol. The molecule has 1 aromatic carbocycles. The molecule has 190 valence electrons. The van der Waals surface area contributed by atoms with E-state index in [2.05, 4.69) is 20.4 Å². The highest BCUT2D eigenvalue weighted by Crippen LogP contribution is 2.41. The summed E-state index contributed by atoms with van der Waals surface area (Å²) in [6.45, 7) is 3.59. The third-order valence-corrected chi connectivity index (χ3v) is 7.94. The van der Waals surface area contributed by atoms with Crippen LogP contribution in [0.2, 0.25) is 0 Å². The van der Waals surface area contributed by atoms with Crippen LogP contribution in [0, 0.1) is 42.0 Å². The number of halogens is 4. The summed E-state index contributed by atoms with van der Waals surface area (Å²) in [6.07, 6.45) is 5.62. The summed E-state index contributed by atoms with van der Waals surface area (Å²) >= 11 is 0. The summed E-state index contributed by atoms with van der Waals surface area (Å²) < 4.78 is 58.6. The van der Waals surface area contributed by atoms with E-state index < -0.39 is 23.4 Å². The van der Waals surface area contributed by atoms with Gasteiger partial charge in [-0.15, -0.1) is 5.10 Å². The number of rotatable bonds is 4. The molecule has 1 saturated heterocycles. The molecule has 2 aromatic heterocycles. The number of hydrogen-bond donors (Lipinski definition) is 1. The number of piperidine rings is 1. The van der Waals surface area contributed by atoms with Crippen LogP contribution in [0.4, 0.5) is 29.3 Å². The van der Waals surface area contributed by atoms with E-state index in [4.69, 9.17) is 4.98 Å². The van der Waals surface area contributed by atoms with Crippen molar-refractivity contribution in [2.75, 3.05) is 23.3 Å². The summed E-state index contributed by atoms with van der Waals surface area (Å²) in [5.41, 5.74) is 0.440. The quantitative estimate of drug-likeness (QED) is 0.417. The van der Waals surface area contributed by atoms with Crippen molar-refractivity contribution in [2.45, 2.75) is 57.5 Å². The number of anilines is 2. The molecule has 2 aliphatic heterocycles. The summed E-state index contributed by atoms with van der Waals surface area (Å²) in [5, 5.41) is 8.16. The Kier molecular flexibility index (Phi) is 5.80. The second-order valence-electron chi connectivity index (χ2n) is 10.1. The van der Waals surface area contributed by atoms with Crippen LogP contribution in [0.25, 0.3) is 0 Å². The van der Waals surface area contributed by atoms with Crippen LogP contribution in [0.15, 0.2) is 18.5 Å². The Balaban J connectivity index is 1.24. The molecule has 11 heteroatoms. The lowest BCUT2D eigenvalue weighted by Crippen LogP contribution is -2.48. The Morgan fingerprint density at radius 2 is 1.69 bits per heavy atom. The van der Waals surface area contributed by atoms with Crippen molar-refractivity contribution in [1.29, 1.82) is 0 Å². The standard InChI is InChI=1S/C25H27F4N7/c1-13-19(27)24(31-12-30-13)35-10-14-5-6-15(11-35)22(14)32-25-33-23-17(4-2-3-9-36(23)34-25)16-7-8-18(26)21(29)20(16)28/h7-8,12,14-15,17,22H,2-6,9-11H2,1H3,(H,32,34)/t14-,15+,17-,22?/m1/s1. The van der Waals surface area contributed by atoms with E-state index in [1.54, 1.807) is 11.6 Å². The van der Waals surface area contributed by atoms with E-state index in [-0.39, 0.29) is 29.3 Å². The molecular weight excluding hydrogens is 474 g/mol. The summed E-state index contributed by atoms with van der Waals surface area (Å²) in [4.78, 5) is 14.8. The van der Waals surface area contributed by atoms with Gasteiger partial charge in [-0.2, -0.15) is 4.98 Å². The van der Waals surface area contributed by atoms with Crippen LogP contribution in [-0.2, 0) is 6.54 Å². The van der Waals surface area contributed by atoms with Gasteiger partial charge in [0.15, 0.2) is 29.1 Å². The minimum Gasteiger partial charge on any atom is -0.353 e. The molecule has 4 atom stereocenters.